The van der Waals surface area contributed by atoms with Gasteiger partial charge in [0.05, 0.1) is 20.3 Å². The second-order valence-electron chi connectivity index (χ2n) is 4.38. The van der Waals surface area contributed by atoms with E-state index in [0.29, 0.717) is 32.5 Å². The van der Waals surface area contributed by atoms with E-state index in [1.54, 1.807) is 0 Å². The van der Waals surface area contributed by atoms with E-state index in [0.717, 1.165) is 19.4 Å². The maximum Gasteiger partial charge on any atom is 0.305 e. The molecular weight excluding hydrogens is 248 g/mol. The minimum atomic E-state index is -0.265. The maximum atomic E-state index is 11.7. The molecule has 0 aliphatic heterocycles. The second kappa shape index (κ2) is 11.9. The van der Waals surface area contributed by atoms with E-state index in [1.165, 1.54) is 7.11 Å². The number of rotatable bonds is 11. The van der Waals surface area contributed by atoms with Gasteiger partial charge in [-0.2, -0.15) is 0 Å². The Hall–Kier alpha value is -1.14. The summed E-state index contributed by atoms with van der Waals surface area (Å²) in [6.45, 7) is 4.22. The molecule has 112 valence electrons. The van der Waals surface area contributed by atoms with Crippen LogP contribution in [0.25, 0.3) is 0 Å². The van der Waals surface area contributed by atoms with Crippen LogP contribution in [0.1, 0.15) is 32.6 Å². The van der Waals surface area contributed by atoms with Crippen LogP contribution in [-0.4, -0.2) is 61.8 Å². The molecule has 0 radical (unpaired) electrons. The van der Waals surface area contributed by atoms with Crippen LogP contribution in [0.4, 0.5) is 0 Å². The van der Waals surface area contributed by atoms with Crippen LogP contribution in [-0.2, 0) is 14.3 Å². The average Bonchev–Trinajstić information content (AvgIpc) is 2.40. The summed E-state index contributed by atoms with van der Waals surface area (Å²) < 4.78 is 4.51. The number of aliphatic hydroxyl groups is 1. The average molecular weight is 274 g/mol. The monoisotopic (exact) mass is 274 g/mol. The van der Waals surface area contributed by atoms with Crippen LogP contribution >= 0.6 is 0 Å². The van der Waals surface area contributed by atoms with E-state index in [2.05, 4.69) is 17.0 Å². The lowest BCUT2D eigenvalue weighted by Crippen LogP contribution is -2.39. The maximum absolute atomic E-state index is 11.7. The Morgan fingerprint density at radius 2 is 2.00 bits per heavy atom. The van der Waals surface area contributed by atoms with Gasteiger partial charge in [0.1, 0.15) is 0 Å². The van der Waals surface area contributed by atoms with Gasteiger partial charge in [-0.25, -0.2) is 0 Å². The highest BCUT2D eigenvalue weighted by Crippen LogP contribution is 1.95. The third kappa shape index (κ3) is 10.5. The molecule has 0 bridgehead atoms. The number of methoxy groups -OCH3 is 1. The normalized spacial score (nSPS) is 10.5. The van der Waals surface area contributed by atoms with Gasteiger partial charge in [0.2, 0.25) is 5.91 Å². The predicted molar refractivity (Wildman–Crippen MR) is 72.7 cm³/mol. The van der Waals surface area contributed by atoms with Crippen LogP contribution < -0.4 is 5.32 Å². The first-order valence-corrected chi connectivity index (χ1v) is 6.80. The summed E-state index contributed by atoms with van der Waals surface area (Å²) >= 11 is 0. The lowest BCUT2D eigenvalue weighted by Gasteiger charge is -2.20. The van der Waals surface area contributed by atoms with Crippen molar-refractivity contribution < 1.29 is 19.4 Å². The number of carbonyl (C=O) groups excluding carboxylic acids is 2. The number of hydrogen-bond acceptors (Lipinski definition) is 5. The molecule has 0 fully saturated rings. The van der Waals surface area contributed by atoms with Gasteiger partial charge in [-0.1, -0.05) is 13.3 Å². The highest BCUT2D eigenvalue weighted by Gasteiger charge is 2.09. The summed E-state index contributed by atoms with van der Waals surface area (Å²) in [6.07, 6.45) is 2.96. The van der Waals surface area contributed by atoms with E-state index in [1.807, 2.05) is 4.90 Å². The summed E-state index contributed by atoms with van der Waals surface area (Å²) in [4.78, 5) is 24.5. The zero-order valence-corrected chi connectivity index (χ0v) is 12.0. The number of aliphatic hydroxyl groups excluding tert-OH is 1. The van der Waals surface area contributed by atoms with E-state index in [9.17, 15) is 9.59 Å². The second-order valence-corrected chi connectivity index (χ2v) is 4.38. The fraction of sp³-hybridized carbons (Fsp3) is 0.846. The molecule has 0 saturated heterocycles. The SMILES string of the molecule is CCCCN(CCO)CC(=O)NCCCC(=O)OC. The minimum absolute atomic E-state index is 0.0549. The van der Waals surface area contributed by atoms with Crippen molar-refractivity contribution in [1.82, 2.24) is 10.2 Å². The van der Waals surface area contributed by atoms with Gasteiger partial charge in [0, 0.05) is 19.5 Å². The first kappa shape index (κ1) is 17.9. The van der Waals surface area contributed by atoms with Crippen molar-refractivity contribution in [3.63, 3.8) is 0 Å². The van der Waals surface area contributed by atoms with Gasteiger partial charge in [0.25, 0.3) is 0 Å². The Morgan fingerprint density at radius 1 is 1.26 bits per heavy atom. The number of unbranched alkanes of at least 4 members (excludes halogenated alkanes) is 1. The van der Waals surface area contributed by atoms with E-state index in [4.69, 9.17) is 5.11 Å². The summed E-state index contributed by atoms with van der Waals surface area (Å²) in [7, 11) is 1.35. The number of esters is 1. The van der Waals surface area contributed by atoms with Gasteiger partial charge in [-0.15, -0.1) is 0 Å². The van der Waals surface area contributed by atoms with Crippen molar-refractivity contribution in [3.8, 4) is 0 Å². The van der Waals surface area contributed by atoms with Crippen LogP contribution in [0.5, 0.6) is 0 Å². The Labute approximate surface area is 115 Å². The molecule has 0 aromatic carbocycles. The molecular formula is C13H26N2O4. The minimum Gasteiger partial charge on any atom is -0.469 e. The number of nitrogens with one attached hydrogen (secondary N) is 1. The largest absolute Gasteiger partial charge is 0.469 e. The van der Waals surface area contributed by atoms with Gasteiger partial charge < -0.3 is 15.2 Å². The van der Waals surface area contributed by atoms with E-state index in [-0.39, 0.29) is 18.5 Å². The molecule has 1 amide bonds. The van der Waals surface area contributed by atoms with Crippen molar-refractivity contribution in [2.24, 2.45) is 0 Å². The van der Waals surface area contributed by atoms with Gasteiger partial charge in [0.15, 0.2) is 0 Å². The van der Waals surface area contributed by atoms with Crippen molar-refractivity contribution in [2.75, 3.05) is 39.9 Å². The van der Waals surface area contributed by atoms with Crippen molar-refractivity contribution in [2.45, 2.75) is 32.6 Å². The number of ether oxygens (including phenoxy) is 1. The number of carbonyl (C=O) groups is 2. The molecule has 0 spiro atoms. The molecule has 2 N–H and O–H groups in total. The Kier molecular flexibility index (Phi) is 11.2. The smallest absolute Gasteiger partial charge is 0.305 e. The van der Waals surface area contributed by atoms with Gasteiger partial charge in [-0.3, -0.25) is 14.5 Å². The topological polar surface area (TPSA) is 78.9 Å². The number of amides is 1. The first-order valence-electron chi connectivity index (χ1n) is 6.80. The van der Waals surface area contributed by atoms with Crippen LogP contribution in [0.2, 0.25) is 0 Å². The third-order valence-corrected chi connectivity index (χ3v) is 2.72. The molecule has 0 saturated carbocycles. The zero-order valence-electron chi connectivity index (χ0n) is 12.0. The summed E-state index contributed by atoms with van der Waals surface area (Å²) in [6, 6.07) is 0. The summed E-state index contributed by atoms with van der Waals surface area (Å²) in [5.74, 6) is -0.339. The van der Waals surface area contributed by atoms with Crippen molar-refractivity contribution >= 4 is 11.9 Å². The standard InChI is InChI=1S/C13H26N2O4/c1-3-4-8-15(9-10-16)11-12(17)14-7-5-6-13(18)19-2/h16H,3-11H2,1-2H3,(H,14,17). The molecule has 0 unspecified atom stereocenters. The summed E-state index contributed by atoms with van der Waals surface area (Å²) in [5, 5.41) is 11.7. The molecule has 0 rings (SSSR count). The quantitative estimate of drug-likeness (QED) is 0.414. The molecule has 0 aromatic heterocycles. The molecule has 6 nitrogen and oxygen atoms in total. The lowest BCUT2D eigenvalue weighted by molar-refractivity contribution is -0.140. The molecule has 0 aromatic rings. The first-order chi connectivity index (χ1) is 9.13. The van der Waals surface area contributed by atoms with Gasteiger partial charge >= 0.3 is 5.97 Å². The highest BCUT2D eigenvalue weighted by atomic mass is 16.5. The highest BCUT2D eigenvalue weighted by molar-refractivity contribution is 5.78. The Bertz CT molecular complexity index is 259. The number of hydrogen-bond donors (Lipinski definition) is 2. The van der Waals surface area contributed by atoms with Gasteiger partial charge in [-0.05, 0) is 19.4 Å². The van der Waals surface area contributed by atoms with Crippen LogP contribution in [0.3, 0.4) is 0 Å². The lowest BCUT2D eigenvalue weighted by atomic mass is 10.3. The van der Waals surface area contributed by atoms with E-state index < -0.39 is 0 Å². The zero-order chi connectivity index (χ0) is 14.5. The molecule has 19 heavy (non-hydrogen) atoms. The van der Waals surface area contributed by atoms with Crippen molar-refractivity contribution in [3.05, 3.63) is 0 Å². The predicted octanol–water partition coefficient (Wildman–Crippen LogP) is 0.150. The van der Waals surface area contributed by atoms with E-state index >= 15 is 0 Å². The summed E-state index contributed by atoms with van der Waals surface area (Å²) in [5.41, 5.74) is 0. The third-order valence-electron chi connectivity index (χ3n) is 2.72. The molecule has 6 heteroatoms. The fourth-order valence-electron chi connectivity index (χ4n) is 1.61. The molecule has 0 aliphatic carbocycles. The van der Waals surface area contributed by atoms with Crippen LogP contribution in [0.15, 0.2) is 0 Å². The Balaban J connectivity index is 3.76. The molecule has 0 aliphatic rings. The molecule has 0 heterocycles. The fourth-order valence-corrected chi connectivity index (χ4v) is 1.61. The Morgan fingerprint density at radius 3 is 2.58 bits per heavy atom. The molecule has 0 atom stereocenters. The number of nitrogens with zero attached hydrogens (tertiary/aromatic N) is 1. The van der Waals surface area contributed by atoms with Crippen molar-refractivity contribution in [1.29, 1.82) is 0 Å². The van der Waals surface area contributed by atoms with Crippen LogP contribution in [0, 0.1) is 0 Å².